The van der Waals surface area contributed by atoms with Gasteiger partial charge in [0.1, 0.15) is 5.75 Å². The van der Waals surface area contributed by atoms with Crippen molar-refractivity contribution < 1.29 is 9.84 Å². The second-order valence-electron chi connectivity index (χ2n) is 4.36. The fourth-order valence-corrected chi connectivity index (χ4v) is 1.76. The minimum absolute atomic E-state index is 0.170. The van der Waals surface area contributed by atoms with Crippen molar-refractivity contribution in [1.82, 2.24) is 4.90 Å². The number of methoxy groups -OCH3 is 1. The molecule has 4 nitrogen and oxygen atoms in total. The number of hydrogen-bond donors (Lipinski definition) is 2. The first-order valence-corrected chi connectivity index (χ1v) is 5.85. The van der Waals surface area contributed by atoms with Gasteiger partial charge in [-0.3, -0.25) is 4.90 Å². The fraction of sp³-hybridized carbons (Fsp3) is 0.538. The molecule has 4 heteroatoms. The lowest BCUT2D eigenvalue weighted by Gasteiger charge is -2.25. The number of hydrogen-bond acceptors (Lipinski definition) is 4. The molecule has 0 fully saturated rings. The van der Waals surface area contributed by atoms with Gasteiger partial charge in [-0.15, -0.1) is 0 Å². The summed E-state index contributed by atoms with van der Waals surface area (Å²) in [5.74, 6) is 0.701. The third kappa shape index (κ3) is 3.91. The predicted molar refractivity (Wildman–Crippen MR) is 70.0 cm³/mol. The van der Waals surface area contributed by atoms with Crippen molar-refractivity contribution in [3.05, 3.63) is 23.8 Å². The van der Waals surface area contributed by atoms with Crippen LogP contribution in [0.3, 0.4) is 0 Å². The van der Waals surface area contributed by atoms with Crippen LogP contribution in [0.4, 0.5) is 5.69 Å². The number of nitrogens with two attached hydrogens (primary N) is 1. The zero-order valence-corrected chi connectivity index (χ0v) is 10.8. The average molecular weight is 238 g/mol. The van der Waals surface area contributed by atoms with Crippen molar-refractivity contribution in [3.8, 4) is 5.75 Å². The molecule has 0 radical (unpaired) electrons. The number of aliphatic hydroxyl groups is 1. The molecule has 3 N–H and O–H groups in total. The summed E-state index contributed by atoms with van der Waals surface area (Å²) in [7, 11) is 1.61. The van der Waals surface area contributed by atoms with Crippen LogP contribution in [-0.2, 0) is 6.54 Å². The average Bonchev–Trinajstić information content (AvgIpc) is 2.28. The standard InChI is InChI=1S/C13H22N2O2/c1-10(2)15(6-7-16)9-11-4-5-13(17-3)12(14)8-11/h4-5,8,10,16H,6-7,9,14H2,1-3H3. The molecule has 0 amide bonds. The molecule has 1 aromatic rings. The highest BCUT2D eigenvalue weighted by molar-refractivity contribution is 5.54. The summed E-state index contributed by atoms with van der Waals surface area (Å²) in [6, 6.07) is 6.20. The molecule has 1 rings (SSSR count). The zero-order chi connectivity index (χ0) is 12.8. The smallest absolute Gasteiger partial charge is 0.141 e. The van der Waals surface area contributed by atoms with E-state index in [9.17, 15) is 0 Å². The van der Waals surface area contributed by atoms with Gasteiger partial charge in [0, 0.05) is 19.1 Å². The van der Waals surface area contributed by atoms with Crippen LogP contribution in [0.2, 0.25) is 0 Å². The van der Waals surface area contributed by atoms with Gasteiger partial charge in [-0.2, -0.15) is 0 Å². The maximum absolute atomic E-state index is 9.01. The summed E-state index contributed by atoms with van der Waals surface area (Å²) >= 11 is 0. The summed E-state index contributed by atoms with van der Waals surface area (Å²) in [6.07, 6.45) is 0. The van der Waals surface area contributed by atoms with Crippen molar-refractivity contribution >= 4 is 5.69 Å². The highest BCUT2D eigenvalue weighted by Gasteiger charge is 2.10. The third-order valence-electron chi connectivity index (χ3n) is 2.80. The normalized spacial score (nSPS) is 11.2. The number of nitrogens with zero attached hydrogens (tertiary/aromatic N) is 1. The van der Waals surface area contributed by atoms with Crippen LogP contribution in [-0.4, -0.2) is 36.3 Å². The van der Waals surface area contributed by atoms with Gasteiger partial charge >= 0.3 is 0 Å². The monoisotopic (exact) mass is 238 g/mol. The van der Waals surface area contributed by atoms with Gasteiger partial charge in [-0.1, -0.05) is 6.07 Å². The molecule has 0 saturated heterocycles. The number of ether oxygens (including phenoxy) is 1. The molecular weight excluding hydrogens is 216 g/mol. The minimum atomic E-state index is 0.170. The van der Waals surface area contributed by atoms with Crippen molar-refractivity contribution in [2.24, 2.45) is 0 Å². The Morgan fingerprint density at radius 2 is 2.12 bits per heavy atom. The van der Waals surface area contributed by atoms with E-state index >= 15 is 0 Å². The fourth-order valence-electron chi connectivity index (χ4n) is 1.76. The summed E-state index contributed by atoms with van der Waals surface area (Å²) in [5.41, 5.74) is 7.65. The summed E-state index contributed by atoms with van der Waals surface area (Å²) in [5, 5.41) is 9.01. The largest absolute Gasteiger partial charge is 0.495 e. The Hall–Kier alpha value is -1.26. The lowest BCUT2D eigenvalue weighted by molar-refractivity contribution is 0.159. The van der Waals surface area contributed by atoms with Crippen LogP contribution in [0, 0.1) is 0 Å². The van der Waals surface area contributed by atoms with Gasteiger partial charge in [-0.25, -0.2) is 0 Å². The maximum Gasteiger partial charge on any atom is 0.141 e. The lowest BCUT2D eigenvalue weighted by atomic mass is 10.1. The van der Waals surface area contributed by atoms with E-state index in [4.69, 9.17) is 15.6 Å². The Bertz CT molecular complexity index is 353. The van der Waals surface area contributed by atoms with Crippen molar-refractivity contribution in [1.29, 1.82) is 0 Å². The molecule has 17 heavy (non-hydrogen) atoms. The molecular formula is C13H22N2O2. The molecule has 0 aromatic heterocycles. The first-order chi connectivity index (χ1) is 8.08. The van der Waals surface area contributed by atoms with Crippen molar-refractivity contribution in [2.45, 2.75) is 26.4 Å². The van der Waals surface area contributed by atoms with E-state index < -0.39 is 0 Å². The van der Waals surface area contributed by atoms with Gasteiger partial charge in [0.2, 0.25) is 0 Å². The number of nitrogen functional groups attached to an aromatic ring is 1. The zero-order valence-electron chi connectivity index (χ0n) is 10.8. The summed E-state index contributed by atoms with van der Waals surface area (Å²) < 4.78 is 5.12. The Morgan fingerprint density at radius 1 is 1.41 bits per heavy atom. The summed E-state index contributed by atoms with van der Waals surface area (Å²) in [6.45, 7) is 5.85. The number of rotatable bonds is 6. The van der Waals surface area contributed by atoms with E-state index in [1.165, 1.54) is 0 Å². The Kier molecular flexibility index (Phi) is 5.25. The topological polar surface area (TPSA) is 58.7 Å². The van der Waals surface area contributed by atoms with Gasteiger partial charge in [-0.05, 0) is 31.5 Å². The van der Waals surface area contributed by atoms with Crippen LogP contribution in [0.25, 0.3) is 0 Å². The molecule has 0 saturated carbocycles. The summed E-state index contributed by atoms with van der Waals surface area (Å²) in [4.78, 5) is 2.20. The van der Waals surface area contributed by atoms with Crippen LogP contribution in [0.1, 0.15) is 19.4 Å². The van der Waals surface area contributed by atoms with Crippen LogP contribution < -0.4 is 10.5 Å². The first kappa shape index (κ1) is 13.8. The first-order valence-electron chi connectivity index (χ1n) is 5.85. The maximum atomic E-state index is 9.01. The number of aliphatic hydroxyl groups excluding tert-OH is 1. The molecule has 0 aliphatic carbocycles. The second kappa shape index (κ2) is 6.47. The Morgan fingerprint density at radius 3 is 2.59 bits per heavy atom. The third-order valence-corrected chi connectivity index (χ3v) is 2.80. The molecule has 96 valence electrons. The van der Waals surface area contributed by atoms with Crippen LogP contribution in [0.5, 0.6) is 5.75 Å². The number of anilines is 1. The molecule has 0 spiro atoms. The molecule has 0 atom stereocenters. The van der Waals surface area contributed by atoms with E-state index in [-0.39, 0.29) is 6.61 Å². The van der Waals surface area contributed by atoms with Crippen molar-refractivity contribution in [3.63, 3.8) is 0 Å². The van der Waals surface area contributed by atoms with Crippen molar-refractivity contribution in [2.75, 3.05) is 26.0 Å². The Balaban J connectivity index is 2.76. The highest BCUT2D eigenvalue weighted by Crippen LogP contribution is 2.22. The van der Waals surface area contributed by atoms with Crippen LogP contribution >= 0.6 is 0 Å². The molecule has 0 aliphatic rings. The molecule has 0 aliphatic heterocycles. The second-order valence-corrected chi connectivity index (χ2v) is 4.36. The van der Waals surface area contributed by atoms with Crippen LogP contribution in [0.15, 0.2) is 18.2 Å². The molecule has 0 bridgehead atoms. The van der Waals surface area contributed by atoms with Gasteiger partial charge in [0.15, 0.2) is 0 Å². The Labute approximate surface area is 103 Å². The van der Waals surface area contributed by atoms with E-state index in [0.717, 1.165) is 12.1 Å². The predicted octanol–water partition coefficient (Wildman–Crippen LogP) is 1.48. The lowest BCUT2D eigenvalue weighted by Crippen LogP contribution is -2.32. The SMILES string of the molecule is COc1ccc(CN(CCO)C(C)C)cc1N. The quantitative estimate of drug-likeness (QED) is 0.737. The van der Waals surface area contributed by atoms with E-state index in [1.54, 1.807) is 7.11 Å². The minimum Gasteiger partial charge on any atom is -0.495 e. The van der Waals surface area contributed by atoms with E-state index in [2.05, 4.69) is 18.7 Å². The van der Waals surface area contributed by atoms with E-state index in [0.29, 0.717) is 24.0 Å². The van der Waals surface area contributed by atoms with Gasteiger partial charge in [0.05, 0.1) is 19.4 Å². The van der Waals surface area contributed by atoms with Gasteiger partial charge in [0.25, 0.3) is 0 Å². The molecule has 0 unspecified atom stereocenters. The van der Waals surface area contributed by atoms with Gasteiger partial charge < -0.3 is 15.6 Å². The molecule has 1 aromatic carbocycles. The van der Waals surface area contributed by atoms with E-state index in [1.807, 2.05) is 18.2 Å². The molecule has 0 heterocycles. The highest BCUT2D eigenvalue weighted by atomic mass is 16.5. The number of benzene rings is 1.